The number of halogens is 2. The maximum Gasteiger partial charge on any atom is 0.254 e. The van der Waals surface area contributed by atoms with Gasteiger partial charge in [0.1, 0.15) is 5.82 Å². The van der Waals surface area contributed by atoms with Gasteiger partial charge < -0.3 is 4.90 Å². The Morgan fingerprint density at radius 1 is 1.44 bits per heavy atom. The highest BCUT2D eigenvalue weighted by Gasteiger charge is 2.24. The molecule has 1 aromatic carbocycles. The molecule has 98 valence electrons. The van der Waals surface area contributed by atoms with Crippen molar-refractivity contribution in [3.63, 3.8) is 0 Å². The average molecular weight is 314 g/mol. The van der Waals surface area contributed by atoms with Gasteiger partial charge in [-0.05, 0) is 43.4 Å². The molecule has 1 aliphatic rings. The minimum atomic E-state index is -0.348. The number of piperidine rings is 1. The van der Waals surface area contributed by atoms with Crippen LogP contribution in [0, 0.1) is 18.7 Å². The monoisotopic (exact) mass is 313 g/mol. The van der Waals surface area contributed by atoms with Crippen LogP contribution in [0.25, 0.3) is 0 Å². The van der Waals surface area contributed by atoms with E-state index >= 15 is 0 Å². The van der Waals surface area contributed by atoms with Crippen molar-refractivity contribution in [3.05, 3.63) is 35.1 Å². The Bertz CT molecular complexity index is 441. The number of amides is 1. The number of rotatable bonds is 2. The maximum atomic E-state index is 13.2. The largest absolute Gasteiger partial charge is 0.339 e. The van der Waals surface area contributed by atoms with Crippen LogP contribution in [0.4, 0.5) is 4.39 Å². The molecule has 0 aromatic heterocycles. The fourth-order valence-electron chi connectivity index (χ4n) is 2.29. The van der Waals surface area contributed by atoms with Gasteiger partial charge in [0.05, 0.1) is 0 Å². The summed E-state index contributed by atoms with van der Waals surface area (Å²) in [6, 6.07) is 4.39. The lowest BCUT2D eigenvalue weighted by Crippen LogP contribution is -2.39. The zero-order valence-electron chi connectivity index (χ0n) is 10.5. The molecular formula is C14H17BrFNO. The number of alkyl halides is 1. The maximum absolute atomic E-state index is 13.2. The fourth-order valence-corrected chi connectivity index (χ4v) is 2.93. The van der Waals surface area contributed by atoms with E-state index in [0.717, 1.165) is 36.8 Å². The predicted molar refractivity (Wildman–Crippen MR) is 73.6 cm³/mol. The first-order valence-electron chi connectivity index (χ1n) is 6.23. The lowest BCUT2D eigenvalue weighted by molar-refractivity contribution is 0.0698. The summed E-state index contributed by atoms with van der Waals surface area (Å²) < 4.78 is 13.2. The number of carbonyl (C=O) groups excluding carboxylic acids is 1. The fraction of sp³-hybridized carbons (Fsp3) is 0.500. The van der Waals surface area contributed by atoms with E-state index in [1.165, 1.54) is 12.1 Å². The van der Waals surface area contributed by atoms with Gasteiger partial charge in [0.2, 0.25) is 0 Å². The first kappa shape index (κ1) is 13.5. The van der Waals surface area contributed by atoms with Crippen molar-refractivity contribution in [2.75, 3.05) is 18.4 Å². The summed E-state index contributed by atoms with van der Waals surface area (Å²) in [4.78, 5) is 14.1. The number of likely N-dealkylation sites (tertiary alicyclic amines) is 1. The van der Waals surface area contributed by atoms with Gasteiger partial charge in [0.15, 0.2) is 0 Å². The molecule has 1 aliphatic heterocycles. The summed E-state index contributed by atoms with van der Waals surface area (Å²) in [5, 5.41) is 0.994. The van der Waals surface area contributed by atoms with Gasteiger partial charge >= 0.3 is 0 Å². The van der Waals surface area contributed by atoms with Gasteiger partial charge in [-0.1, -0.05) is 22.0 Å². The lowest BCUT2D eigenvalue weighted by Gasteiger charge is -2.31. The third-order valence-corrected chi connectivity index (χ3v) is 4.47. The predicted octanol–water partition coefficient (Wildman–Crippen LogP) is 3.38. The molecule has 0 bridgehead atoms. The number of hydrogen-bond donors (Lipinski definition) is 0. The zero-order valence-corrected chi connectivity index (χ0v) is 12.0. The van der Waals surface area contributed by atoms with E-state index in [2.05, 4.69) is 15.9 Å². The van der Waals surface area contributed by atoms with Crippen LogP contribution >= 0.6 is 15.9 Å². The van der Waals surface area contributed by atoms with E-state index in [1.807, 2.05) is 11.8 Å². The van der Waals surface area contributed by atoms with E-state index in [4.69, 9.17) is 0 Å². The highest BCUT2D eigenvalue weighted by Crippen LogP contribution is 2.21. The van der Waals surface area contributed by atoms with Crippen LogP contribution < -0.4 is 0 Å². The molecule has 1 saturated heterocycles. The van der Waals surface area contributed by atoms with Crippen LogP contribution in [0.3, 0.4) is 0 Å². The van der Waals surface area contributed by atoms with E-state index in [0.29, 0.717) is 11.5 Å². The molecule has 2 rings (SSSR count). The Balaban J connectivity index is 2.10. The molecule has 4 heteroatoms. The number of benzene rings is 1. The minimum absolute atomic E-state index is 0.0416. The van der Waals surface area contributed by atoms with Crippen molar-refractivity contribution in [1.82, 2.24) is 4.90 Å². The molecule has 0 unspecified atom stereocenters. The van der Waals surface area contributed by atoms with Crippen LogP contribution in [0.5, 0.6) is 0 Å². The zero-order chi connectivity index (χ0) is 13.1. The van der Waals surface area contributed by atoms with Gasteiger partial charge in [-0.3, -0.25) is 4.79 Å². The summed E-state index contributed by atoms with van der Waals surface area (Å²) in [5.74, 6) is 0.266. The van der Waals surface area contributed by atoms with Crippen LogP contribution in [0.2, 0.25) is 0 Å². The topological polar surface area (TPSA) is 20.3 Å². The smallest absolute Gasteiger partial charge is 0.254 e. The van der Waals surface area contributed by atoms with Gasteiger partial charge in [-0.25, -0.2) is 4.39 Å². The molecule has 0 N–H and O–H groups in total. The van der Waals surface area contributed by atoms with Crippen molar-refractivity contribution in [3.8, 4) is 0 Å². The van der Waals surface area contributed by atoms with Gasteiger partial charge in [-0.15, -0.1) is 0 Å². The standard InChI is InChI=1S/C14H17BrFNO/c1-10-2-3-12(16)8-13(10)14(18)17-6-4-11(9-15)5-7-17/h2-3,8,11H,4-7,9H2,1H3. The van der Waals surface area contributed by atoms with Crippen LogP contribution in [0.1, 0.15) is 28.8 Å². The summed E-state index contributed by atoms with van der Waals surface area (Å²) in [6.45, 7) is 3.38. The highest BCUT2D eigenvalue weighted by atomic mass is 79.9. The molecule has 1 fully saturated rings. The molecule has 1 aromatic rings. The molecule has 18 heavy (non-hydrogen) atoms. The minimum Gasteiger partial charge on any atom is -0.339 e. The summed E-state index contributed by atoms with van der Waals surface area (Å²) >= 11 is 3.48. The molecule has 1 heterocycles. The number of carbonyl (C=O) groups is 1. The van der Waals surface area contributed by atoms with E-state index in [9.17, 15) is 9.18 Å². The van der Waals surface area contributed by atoms with Crippen LogP contribution in [-0.2, 0) is 0 Å². The van der Waals surface area contributed by atoms with E-state index in [-0.39, 0.29) is 11.7 Å². The Morgan fingerprint density at radius 2 is 2.11 bits per heavy atom. The number of nitrogens with zero attached hydrogens (tertiary/aromatic N) is 1. The highest BCUT2D eigenvalue weighted by molar-refractivity contribution is 9.09. The lowest BCUT2D eigenvalue weighted by atomic mass is 9.98. The molecule has 2 nitrogen and oxygen atoms in total. The second-order valence-corrected chi connectivity index (χ2v) is 5.50. The SMILES string of the molecule is Cc1ccc(F)cc1C(=O)N1CCC(CBr)CC1. The average Bonchev–Trinajstić information content (AvgIpc) is 2.41. The normalized spacial score (nSPS) is 16.9. The first-order chi connectivity index (χ1) is 8.61. The van der Waals surface area contributed by atoms with E-state index < -0.39 is 0 Å². The third kappa shape index (κ3) is 2.91. The Hall–Kier alpha value is -0.900. The van der Waals surface area contributed by atoms with Crippen molar-refractivity contribution in [2.24, 2.45) is 5.92 Å². The molecule has 0 radical (unpaired) electrons. The van der Waals surface area contributed by atoms with Gasteiger partial charge in [0, 0.05) is 24.0 Å². The molecular weight excluding hydrogens is 297 g/mol. The molecule has 0 atom stereocenters. The van der Waals surface area contributed by atoms with Crippen LogP contribution in [0.15, 0.2) is 18.2 Å². The second-order valence-electron chi connectivity index (χ2n) is 4.85. The first-order valence-corrected chi connectivity index (χ1v) is 7.35. The quantitative estimate of drug-likeness (QED) is 0.766. The molecule has 0 spiro atoms. The Kier molecular flexibility index (Phi) is 4.38. The second kappa shape index (κ2) is 5.83. The Morgan fingerprint density at radius 3 is 2.72 bits per heavy atom. The van der Waals surface area contributed by atoms with Gasteiger partial charge in [-0.2, -0.15) is 0 Å². The van der Waals surface area contributed by atoms with Crippen molar-refractivity contribution in [2.45, 2.75) is 19.8 Å². The van der Waals surface area contributed by atoms with Crippen molar-refractivity contribution < 1.29 is 9.18 Å². The summed E-state index contributed by atoms with van der Waals surface area (Å²) in [6.07, 6.45) is 2.04. The van der Waals surface area contributed by atoms with Crippen molar-refractivity contribution in [1.29, 1.82) is 0 Å². The number of hydrogen-bond acceptors (Lipinski definition) is 1. The summed E-state index contributed by atoms with van der Waals surface area (Å²) in [7, 11) is 0. The molecule has 0 aliphatic carbocycles. The molecule has 0 saturated carbocycles. The third-order valence-electron chi connectivity index (χ3n) is 3.55. The number of aryl methyl sites for hydroxylation is 1. The van der Waals surface area contributed by atoms with Crippen molar-refractivity contribution >= 4 is 21.8 Å². The molecule has 1 amide bonds. The van der Waals surface area contributed by atoms with Gasteiger partial charge in [0.25, 0.3) is 5.91 Å². The van der Waals surface area contributed by atoms with E-state index in [1.54, 1.807) is 6.07 Å². The summed E-state index contributed by atoms with van der Waals surface area (Å²) in [5.41, 5.74) is 1.33. The van der Waals surface area contributed by atoms with Crippen LogP contribution in [-0.4, -0.2) is 29.2 Å². The Labute approximate surface area is 115 Å².